The lowest BCUT2D eigenvalue weighted by Gasteiger charge is -2.39. The molecule has 1 aliphatic rings. The average Bonchev–Trinajstić information content (AvgIpc) is 2.40. The van der Waals surface area contributed by atoms with Gasteiger partial charge in [0, 0.05) is 29.3 Å². The molecule has 0 spiro atoms. The molecule has 21 heavy (non-hydrogen) atoms. The van der Waals surface area contributed by atoms with Crippen LogP contribution in [-0.4, -0.2) is 19.1 Å². The number of anilines is 1. The smallest absolute Gasteiger partial charge is 0.0377 e. The Morgan fingerprint density at radius 1 is 1.29 bits per heavy atom. The summed E-state index contributed by atoms with van der Waals surface area (Å²) in [7, 11) is 0. The molecule has 0 bridgehead atoms. The van der Waals surface area contributed by atoms with Crippen molar-refractivity contribution < 1.29 is 0 Å². The largest absolute Gasteiger partial charge is 0.371 e. The molecule has 0 aliphatic carbocycles. The van der Waals surface area contributed by atoms with E-state index in [1.807, 2.05) is 0 Å². The van der Waals surface area contributed by atoms with Gasteiger partial charge in [-0.1, -0.05) is 42.8 Å². The maximum atomic E-state index is 5.90. The van der Waals surface area contributed by atoms with Crippen LogP contribution in [0.25, 0.3) is 0 Å². The highest BCUT2D eigenvalue weighted by molar-refractivity contribution is 9.10. The highest BCUT2D eigenvalue weighted by atomic mass is 79.9. The molecule has 3 heteroatoms. The highest BCUT2D eigenvalue weighted by Gasteiger charge is 2.28. The molecule has 1 atom stereocenters. The number of piperidine rings is 1. The third kappa shape index (κ3) is 4.46. The molecule has 0 amide bonds. The second-order valence-electron chi connectivity index (χ2n) is 7.58. The summed E-state index contributed by atoms with van der Waals surface area (Å²) in [6, 6.07) is 6.93. The molecular formula is C18H29BrN2. The van der Waals surface area contributed by atoms with E-state index < -0.39 is 0 Å². The molecule has 118 valence electrons. The van der Waals surface area contributed by atoms with Gasteiger partial charge in [0.05, 0.1) is 0 Å². The molecule has 2 N–H and O–H groups in total. The number of halogens is 1. The minimum atomic E-state index is 0.203. The first kappa shape index (κ1) is 16.8. The summed E-state index contributed by atoms with van der Waals surface area (Å²) < 4.78 is 1.19. The number of rotatable bonds is 3. The fourth-order valence-electron chi connectivity index (χ4n) is 3.25. The summed E-state index contributed by atoms with van der Waals surface area (Å²) in [5.41, 5.74) is 8.98. The molecule has 1 fully saturated rings. The van der Waals surface area contributed by atoms with Crippen LogP contribution in [0.15, 0.2) is 22.7 Å². The topological polar surface area (TPSA) is 29.3 Å². The van der Waals surface area contributed by atoms with Gasteiger partial charge in [0.2, 0.25) is 0 Å². The quantitative estimate of drug-likeness (QED) is 0.860. The van der Waals surface area contributed by atoms with Gasteiger partial charge < -0.3 is 10.6 Å². The SMILES string of the molecule is CC(N)Cc1ccc(N2CCC(C(C)(C)C)CC2)cc1Br. The zero-order valence-corrected chi connectivity index (χ0v) is 15.4. The number of nitrogens with two attached hydrogens (primary N) is 1. The lowest BCUT2D eigenvalue weighted by Crippen LogP contribution is -2.38. The van der Waals surface area contributed by atoms with Crippen LogP contribution >= 0.6 is 15.9 Å². The van der Waals surface area contributed by atoms with E-state index >= 15 is 0 Å². The molecule has 0 saturated carbocycles. The van der Waals surface area contributed by atoms with E-state index in [4.69, 9.17) is 5.73 Å². The van der Waals surface area contributed by atoms with E-state index in [1.54, 1.807) is 0 Å². The van der Waals surface area contributed by atoms with E-state index in [2.05, 4.69) is 66.7 Å². The van der Waals surface area contributed by atoms with Crippen LogP contribution in [0.1, 0.15) is 46.1 Å². The Balaban J connectivity index is 2.02. The van der Waals surface area contributed by atoms with Crippen molar-refractivity contribution in [1.82, 2.24) is 0 Å². The standard InChI is InChI=1S/C18H29BrN2/c1-13(20)11-14-5-6-16(12-17(14)19)21-9-7-15(8-10-21)18(2,3)4/h5-6,12-13,15H,7-11,20H2,1-4H3. The van der Waals surface area contributed by atoms with Crippen LogP contribution in [0.5, 0.6) is 0 Å². The second-order valence-corrected chi connectivity index (χ2v) is 8.44. The van der Waals surface area contributed by atoms with Crippen molar-refractivity contribution in [3.63, 3.8) is 0 Å². The molecule has 1 saturated heterocycles. The van der Waals surface area contributed by atoms with E-state index in [9.17, 15) is 0 Å². The Morgan fingerprint density at radius 2 is 1.90 bits per heavy atom. The van der Waals surface area contributed by atoms with Crippen molar-refractivity contribution in [3.8, 4) is 0 Å². The third-order valence-corrected chi connectivity index (χ3v) is 5.40. The molecule has 2 nitrogen and oxygen atoms in total. The number of hydrogen-bond donors (Lipinski definition) is 1. The van der Waals surface area contributed by atoms with Crippen LogP contribution in [-0.2, 0) is 6.42 Å². The van der Waals surface area contributed by atoms with Gasteiger partial charge in [0.25, 0.3) is 0 Å². The number of nitrogens with zero attached hydrogens (tertiary/aromatic N) is 1. The summed E-state index contributed by atoms with van der Waals surface area (Å²) in [6.45, 7) is 11.5. The fraction of sp³-hybridized carbons (Fsp3) is 0.667. The monoisotopic (exact) mass is 352 g/mol. The lowest BCUT2D eigenvalue weighted by molar-refractivity contribution is 0.199. The third-order valence-electron chi connectivity index (χ3n) is 4.66. The van der Waals surface area contributed by atoms with Crippen molar-refractivity contribution in [1.29, 1.82) is 0 Å². The molecule has 1 aromatic carbocycles. The van der Waals surface area contributed by atoms with Gasteiger partial charge in [-0.3, -0.25) is 0 Å². The van der Waals surface area contributed by atoms with Gasteiger partial charge in [0.1, 0.15) is 0 Å². The number of benzene rings is 1. The van der Waals surface area contributed by atoms with Gasteiger partial charge in [0.15, 0.2) is 0 Å². The molecule has 1 unspecified atom stereocenters. The van der Waals surface area contributed by atoms with Crippen LogP contribution in [0.3, 0.4) is 0 Å². The zero-order chi connectivity index (χ0) is 15.6. The maximum Gasteiger partial charge on any atom is 0.0377 e. The van der Waals surface area contributed by atoms with Crippen molar-refractivity contribution >= 4 is 21.6 Å². The van der Waals surface area contributed by atoms with E-state index in [-0.39, 0.29) is 6.04 Å². The highest BCUT2D eigenvalue weighted by Crippen LogP contribution is 2.36. The Hall–Kier alpha value is -0.540. The molecular weight excluding hydrogens is 324 g/mol. The van der Waals surface area contributed by atoms with Gasteiger partial charge in [-0.2, -0.15) is 0 Å². The number of hydrogen-bond acceptors (Lipinski definition) is 2. The summed E-state index contributed by atoms with van der Waals surface area (Å²) in [5, 5.41) is 0. The minimum Gasteiger partial charge on any atom is -0.371 e. The Morgan fingerprint density at radius 3 is 2.38 bits per heavy atom. The molecule has 0 radical (unpaired) electrons. The van der Waals surface area contributed by atoms with E-state index in [1.165, 1.54) is 41.7 Å². The molecule has 1 aromatic rings. The van der Waals surface area contributed by atoms with E-state index in [0.29, 0.717) is 5.41 Å². The first-order chi connectivity index (χ1) is 9.77. The van der Waals surface area contributed by atoms with Gasteiger partial charge in [-0.25, -0.2) is 0 Å². The van der Waals surface area contributed by atoms with Crippen molar-refractivity contribution in [3.05, 3.63) is 28.2 Å². The minimum absolute atomic E-state index is 0.203. The average molecular weight is 353 g/mol. The lowest BCUT2D eigenvalue weighted by atomic mass is 9.75. The maximum absolute atomic E-state index is 5.90. The van der Waals surface area contributed by atoms with Crippen molar-refractivity contribution in [2.75, 3.05) is 18.0 Å². The normalized spacial score (nSPS) is 18.9. The van der Waals surface area contributed by atoms with Crippen LogP contribution in [0.4, 0.5) is 5.69 Å². The molecule has 0 aromatic heterocycles. The van der Waals surface area contributed by atoms with Crippen LogP contribution in [0, 0.1) is 11.3 Å². The molecule has 1 heterocycles. The summed E-state index contributed by atoms with van der Waals surface area (Å²) in [5.74, 6) is 0.842. The van der Waals surface area contributed by atoms with Crippen LogP contribution < -0.4 is 10.6 Å². The van der Waals surface area contributed by atoms with Gasteiger partial charge in [-0.15, -0.1) is 0 Å². The fourth-order valence-corrected chi connectivity index (χ4v) is 3.78. The molecule has 1 aliphatic heterocycles. The zero-order valence-electron chi connectivity index (χ0n) is 13.8. The van der Waals surface area contributed by atoms with Crippen molar-refractivity contribution in [2.24, 2.45) is 17.1 Å². The predicted octanol–water partition coefficient (Wildman–Crippen LogP) is 4.60. The van der Waals surface area contributed by atoms with Crippen molar-refractivity contribution in [2.45, 2.75) is 53.0 Å². The second kappa shape index (κ2) is 6.70. The van der Waals surface area contributed by atoms with Crippen LogP contribution in [0.2, 0.25) is 0 Å². The summed E-state index contributed by atoms with van der Waals surface area (Å²) in [6.07, 6.45) is 3.51. The Kier molecular flexibility index (Phi) is 5.37. The first-order valence-corrected chi connectivity index (χ1v) is 8.85. The predicted molar refractivity (Wildman–Crippen MR) is 95.9 cm³/mol. The summed E-state index contributed by atoms with van der Waals surface area (Å²) in [4.78, 5) is 2.52. The Bertz CT molecular complexity index is 469. The molecule has 2 rings (SSSR count). The first-order valence-electron chi connectivity index (χ1n) is 8.06. The van der Waals surface area contributed by atoms with Gasteiger partial charge >= 0.3 is 0 Å². The van der Waals surface area contributed by atoms with Gasteiger partial charge in [-0.05, 0) is 55.2 Å². The van der Waals surface area contributed by atoms with E-state index in [0.717, 1.165) is 12.3 Å². The Labute approximate surface area is 138 Å². The summed E-state index contributed by atoms with van der Waals surface area (Å²) >= 11 is 3.70.